The minimum absolute atomic E-state index is 0.299. The number of fused-ring (bicyclic) bond motifs is 1. The number of nitrogens with one attached hydrogen (secondary N) is 2. The molecule has 2 saturated heterocycles. The van der Waals surface area contributed by atoms with Gasteiger partial charge < -0.3 is 15.2 Å². The molecule has 4 rings (SSSR count). The fraction of sp³-hybridized carbons (Fsp3) is 0.632. The average Bonchev–Trinajstić information content (AvgIpc) is 3.14. The summed E-state index contributed by atoms with van der Waals surface area (Å²) in [5.41, 5.74) is 0.862. The van der Waals surface area contributed by atoms with Crippen LogP contribution in [-0.4, -0.2) is 69.4 Å². The molecule has 0 unspecified atom stereocenters. The van der Waals surface area contributed by atoms with Crippen LogP contribution in [0.15, 0.2) is 18.6 Å². The quantitative estimate of drug-likeness (QED) is 0.877. The smallest absolute Gasteiger partial charge is 0.236 e. The Morgan fingerprint density at radius 2 is 1.96 bits per heavy atom. The Bertz CT molecular complexity index is 743. The first-order valence-corrected chi connectivity index (χ1v) is 9.74. The third-order valence-corrected chi connectivity index (χ3v) is 5.78. The molecule has 2 aliphatic rings. The summed E-state index contributed by atoms with van der Waals surface area (Å²) < 4.78 is 0. The molecule has 7 nitrogen and oxygen atoms in total. The molecule has 2 aliphatic heterocycles. The zero-order valence-electron chi connectivity index (χ0n) is 15.4. The van der Waals surface area contributed by atoms with Crippen molar-refractivity contribution in [2.75, 3.05) is 38.0 Å². The molecule has 0 aromatic carbocycles. The SMILES string of the molecule is CC1CCN(C(=O)CN2CCC(Nc3ncnc4[nH]ccc34)CC2)CC1. The molecule has 0 saturated carbocycles. The molecule has 0 atom stereocenters. The van der Waals surface area contributed by atoms with Gasteiger partial charge >= 0.3 is 0 Å². The van der Waals surface area contributed by atoms with Crippen LogP contribution in [0.25, 0.3) is 11.0 Å². The standard InChI is InChI=1S/C19H28N6O/c1-14-3-10-25(11-4-14)17(26)12-24-8-5-15(6-9-24)23-19-16-2-7-20-18(16)21-13-22-19/h2,7,13-15H,3-6,8-12H2,1H3,(H2,20,21,22,23). The zero-order chi connectivity index (χ0) is 17.9. The Kier molecular flexibility index (Phi) is 5.06. The molecular formula is C19H28N6O. The summed E-state index contributed by atoms with van der Waals surface area (Å²) in [6.45, 7) is 6.61. The van der Waals surface area contributed by atoms with Crippen LogP contribution in [-0.2, 0) is 4.79 Å². The average molecular weight is 356 g/mol. The first kappa shape index (κ1) is 17.3. The van der Waals surface area contributed by atoms with Crippen molar-refractivity contribution >= 4 is 22.8 Å². The van der Waals surface area contributed by atoms with Crippen LogP contribution in [0, 0.1) is 5.92 Å². The van der Waals surface area contributed by atoms with Crippen LogP contribution >= 0.6 is 0 Å². The summed E-state index contributed by atoms with van der Waals surface area (Å²) in [5, 5.41) is 4.59. The molecule has 2 N–H and O–H groups in total. The maximum absolute atomic E-state index is 12.5. The van der Waals surface area contributed by atoms with Gasteiger partial charge in [0.2, 0.25) is 5.91 Å². The predicted molar refractivity (Wildman–Crippen MR) is 102 cm³/mol. The topological polar surface area (TPSA) is 77.2 Å². The van der Waals surface area contributed by atoms with E-state index in [-0.39, 0.29) is 0 Å². The fourth-order valence-electron chi connectivity index (χ4n) is 3.97. The molecule has 1 amide bonds. The van der Waals surface area contributed by atoms with Gasteiger partial charge in [-0.05, 0) is 37.7 Å². The highest BCUT2D eigenvalue weighted by atomic mass is 16.2. The number of hydrogen-bond donors (Lipinski definition) is 2. The molecule has 26 heavy (non-hydrogen) atoms. The van der Waals surface area contributed by atoms with Crippen LogP contribution in [0.4, 0.5) is 5.82 Å². The third kappa shape index (κ3) is 3.82. The van der Waals surface area contributed by atoms with E-state index < -0.39 is 0 Å². The van der Waals surface area contributed by atoms with Gasteiger partial charge in [0.25, 0.3) is 0 Å². The first-order chi connectivity index (χ1) is 12.7. The summed E-state index contributed by atoms with van der Waals surface area (Å²) >= 11 is 0. The molecule has 0 spiro atoms. The number of carbonyl (C=O) groups is 1. The van der Waals surface area contributed by atoms with E-state index in [0.717, 1.165) is 74.6 Å². The summed E-state index contributed by atoms with van der Waals surface area (Å²) in [6.07, 6.45) is 7.82. The molecular weight excluding hydrogens is 328 g/mol. The number of rotatable bonds is 4. The number of anilines is 1. The summed E-state index contributed by atoms with van der Waals surface area (Å²) in [7, 11) is 0. The first-order valence-electron chi connectivity index (χ1n) is 9.74. The van der Waals surface area contributed by atoms with Crippen molar-refractivity contribution in [1.29, 1.82) is 0 Å². The van der Waals surface area contributed by atoms with Gasteiger partial charge in [0, 0.05) is 38.4 Å². The van der Waals surface area contributed by atoms with E-state index in [9.17, 15) is 4.79 Å². The summed E-state index contributed by atoms with van der Waals surface area (Å²) in [5.74, 6) is 1.95. The van der Waals surface area contributed by atoms with Gasteiger partial charge in [-0.2, -0.15) is 0 Å². The molecule has 2 fully saturated rings. The Hall–Kier alpha value is -2.15. The second-order valence-electron chi connectivity index (χ2n) is 7.72. The largest absolute Gasteiger partial charge is 0.367 e. The van der Waals surface area contributed by atoms with E-state index in [0.29, 0.717) is 18.5 Å². The van der Waals surface area contributed by atoms with Gasteiger partial charge in [-0.3, -0.25) is 9.69 Å². The van der Waals surface area contributed by atoms with Crippen molar-refractivity contribution in [2.24, 2.45) is 5.92 Å². The van der Waals surface area contributed by atoms with Gasteiger partial charge in [-0.15, -0.1) is 0 Å². The molecule has 0 aliphatic carbocycles. The number of carbonyl (C=O) groups excluding carboxylic acids is 1. The van der Waals surface area contributed by atoms with Crippen LogP contribution < -0.4 is 5.32 Å². The number of hydrogen-bond acceptors (Lipinski definition) is 5. The van der Waals surface area contributed by atoms with Crippen molar-refractivity contribution in [1.82, 2.24) is 24.8 Å². The Morgan fingerprint density at radius 3 is 2.73 bits per heavy atom. The number of amides is 1. The number of aromatic amines is 1. The normalized spacial score (nSPS) is 20.6. The van der Waals surface area contributed by atoms with E-state index in [2.05, 4.69) is 32.1 Å². The Morgan fingerprint density at radius 1 is 1.19 bits per heavy atom. The molecule has 0 radical (unpaired) electrons. The van der Waals surface area contributed by atoms with Crippen molar-refractivity contribution in [3.05, 3.63) is 18.6 Å². The van der Waals surface area contributed by atoms with Crippen LogP contribution in [0.2, 0.25) is 0 Å². The minimum Gasteiger partial charge on any atom is -0.367 e. The highest BCUT2D eigenvalue weighted by molar-refractivity contribution is 5.86. The van der Waals surface area contributed by atoms with Crippen molar-refractivity contribution in [2.45, 2.75) is 38.6 Å². The predicted octanol–water partition coefficient (Wildman–Crippen LogP) is 2.09. The van der Waals surface area contributed by atoms with Crippen LogP contribution in [0.5, 0.6) is 0 Å². The lowest BCUT2D eigenvalue weighted by Gasteiger charge is -2.35. The van der Waals surface area contributed by atoms with Crippen molar-refractivity contribution < 1.29 is 4.79 Å². The second kappa shape index (κ2) is 7.61. The number of aromatic nitrogens is 3. The highest BCUT2D eigenvalue weighted by Crippen LogP contribution is 2.22. The lowest BCUT2D eigenvalue weighted by atomic mass is 9.99. The van der Waals surface area contributed by atoms with Gasteiger partial charge in [0.05, 0.1) is 11.9 Å². The number of likely N-dealkylation sites (tertiary alicyclic amines) is 2. The molecule has 2 aromatic rings. The third-order valence-electron chi connectivity index (χ3n) is 5.78. The maximum Gasteiger partial charge on any atom is 0.236 e. The van der Waals surface area contributed by atoms with Gasteiger partial charge in [0.15, 0.2) is 0 Å². The Labute approximate surface area is 154 Å². The van der Waals surface area contributed by atoms with E-state index in [4.69, 9.17) is 0 Å². The van der Waals surface area contributed by atoms with Crippen LogP contribution in [0.3, 0.4) is 0 Å². The number of piperidine rings is 2. The molecule has 4 heterocycles. The number of H-pyrrole nitrogens is 1. The Balaban J connectivity index is 1.26. The lowest BCUT2D eigenvalue weighted by molar-refractivity contribution is -0.134. The highest BCUT2D eigenvalue weighted by Gasteiger charge is 2.25. The van der Waals surface area contributed by atoms with Crippen LogP contribution in [0.1, 0.15) is 32.6 Å². The zero-order valence-corrected chi connectivity index (χ0v) is 15.4. The monoisotopic (exact) mass is 356 g/mol. The maximum atomic E-state index is 12.5. The van der Waals surface area contributed by atoms with Crippen molar-refractivity contribution in [3.8, 4) is 0 Å². The van der Waals surface area contributed by atoms with Crippen molar-refractivity contribution in [3.63, 3.8) is 0 Å². The van der Waals surface area contributed by atoms with E-state index in [1.165, 1.54) is 0 Å². The molecule has 2 aromatic heterocycles. The summed E-state index contributed by atoms with van der Waals surface area (Å²) in [4.78, 5) is 28.6. The summed E-state index contributed by atoms with van der Waals surface area (Å²) in [6, 6.07) is 2.40. The van der Waals surface area contributed by atoms with E-state index in [1.807, 2.05) is 17.2 Å². The fourth-order valence-corrected chi connectivity index (χ4v) is 3.97. The van der Waals surface area contributed by atoms with E-state index in [1.54, 1.807) is 6.33 Å². The van der Waals surface area contributed by atoms with Gasteiger partial charge in [-0.1, -0.05) is 6.92 Å². The second-order valence-corrected chi connectivity index (χ2v) is 7.72. The molecule has 140 valence electrons. The lowest BCUT2D eigenvalue weighted by Crippen LogP contribution is -2.47. The van der Waals surface area contributed by atoms with E-state index >= 15 is 0 Å². The molecule has 7 heteroatoms. The number of nitrogens with zero attached hydrogens (tertiary/aromatic N) is 4. The minimum atomic E-state index is 0.299. The van der Waals surface area contributed by atoms with Gasteiger partial charge in [0.1, 0.15) is 17.8 Å². The molecule has 0 bridgehead atoms. The van der Waals surface area contributed by atoms with Gasteiger partial charge in [-0.25, -0.2) is 9.97 Å².